The van der Waals surface area contributed by atoms with Crippen LogP contribution in [0.1, 0.15) is 15.9 Å². The van der Waals surface area contributed by atoms with E-state index in [2.05, 4.69) is 15.8 Å². The van der Waals surface area contributed by atoms with E-state index < -0.39 is 11.8 Å². The molecule has 8 heteroatoms. The van der Waals surface area contributed by atoms with Crippen molar-refractivity contribution in [1.29, 1.82) is 0 Å². The first-order valence-corrected chi connectivity index (χ1v) is 8.97. The summed E-state index contributed by atoms with van der Waals surface area (Å²) < 4.78 is 0. The Labute approximate surface area is 170 Å². The molecule has 0 atom stereocenters. The molecule has 0 spiro atoms. The van der Waals surface area contributed by atoms with Crippen molar-refractivity contribution in [2.45, 2.75) is 0 Å². The van der Waals surface area contributed by atoms with Gasteiger partial charge in [0.1, 0.15) is 5.75 Å². The Morgan fingerprint density at radius 3 is 2.61 bits per heavy atom. The van der Waals surface area contributed by atoms with E-state index in [4.69, 9.17) is 23.2 Å². The minimum atomic E-state index is -0.524. The first-order chi connectivity index (χ1) is 13.5. The number of carbonyl (C=O) groups excluding carboxylic acids is 2. The van der Waals surface area contributed by atoms with Gasteiger partial charge in [0.25, 0.3) is 11.8 Å². The number of rotatable bonds is 5. The van der Waals surface area contributed by atoms with E-state index in [1.807, 2.05) is 24.3 Å². The number of carbonyl (C=O) groups is 2. The Balaban J connectivity index is 1.59. The van der Waals surface area contributed by atoms with Gasteiger partial charge in [-0.15, -0.1) is 0 Å². The highest BCUT2D eigenvalue weighted by Gasteiger charge is 2.10. The summed E-state index contributed by atoms with van der Waals surface area (Å²) in [6.07, 6.45) is 1.36. The highest BCUT2D eigenvalue weighted by Crippen LogP contribution is 2.25. The topological polar surface area (TPSA) is 90.8 Å². The van der Waals surface area contributed by atoms with E-state index in [1.165, 1.54) is 24.4 Å². The fraction of sp³-hybridized carbons (Fsp3) is 0.0500. The molecule has 0 saturated carbocycles. The van der Waals surface area contributed by atoms with Gasteiger partial charge >= 0.3 is 0 Å². The second kappa shape index (κ2) is 8.73. The van der Waals surface area contributed by atoms with E-state index in [1.54, 1.807) is 12.1 Å². The van der Waals surface area contributed by atoms with Crippen molar-refractivity contribution < 1.29 is 14.7 Å². The highest BCUT2D eigenvalue weighted by molar-refractivity contribution is 6.42. The van der Waals surface area contributed by atoms with E-state index in [-0.39, 0.29) is 22.9 Å². The zero-order valence-corrected chi connectivity index (χ0v) is 16.0. The summed E-state index contributed by atoms with van der Waals surface area (Å²) in [4.78, 5) is 23.9. The lowest BCUT2D eigenvalue weighted by molar-refractivity contribution is -0.120. The lowest BCUT2D eigenvalue weighted by atomic mass is 10.0. The van der Waals surface area contributed by atoms with Crippen molar-refractivity contribution >= 4 is 52.0 Å². The molecule has 28 heavy (non-hydrogen) atoms. The van der Waals surface area contributed by atoms with Gasteiger partial charge in [0.05, 0.1) is 22.8 Å². The Morgan fingerprint density at radius 1 is 1.04 bits per heavy atom. The summed E-state index contributed by atoms with van der Waals surface area (Å²) in [7, 11) is 0. The number of halogens is 2. The van der Waals surface area contributed by atoms with Crippen LogP contribution in [0, 0.1) is 0 Å². The van der Waals surface area contributed by atoms with Crippen LogP contribution in [0.4, 0.5) is 0 Å². The van der Waals surface area contributed by atoms with Gasteiger partial charge < -0.3 is 10.4 Å². The predicted molar refractivity (Wildman–Crippen MR) is 110 cm³/mol. The largest absolute Gasteiger partial charge is 0.507 e. The quantitative estimate of drug-likeness (QED) is 0.437. The molecule has 0 aliphatic rings. The van der Waals surface area contributed by atoms with Gasteiger partial charge in [-0.3, -0.25) is 9.59 Å². The first-order valence-electron chi connectivity index (χ1n) is 8.21. The number of hydrazone groups is 1. The summed E-state index contributed by atoms with van der Waals surface area (Å²) in [6, 6.07) is 15.2. The van der Waals surface area contributed by atoms with Crippen LogP contribution in [0.25, 0.3) is 10.8 Å². The standard InChI is InChI=1S/C20H15Cl2N3O3/c21-16-7-5-13(9-17(16)22)20(28)23-11-19(27)25-24-10-15-14-4-2-1-3-12(14)6-8-18(15)26/h1-10,26H,11H2,(H,23,28)(H,25,27)/b24-10-. The summed E-state index contributed by atoms with van der Waals surface area (Å²) in [6.45, 7) is -0.280. The molecular weight excluding hydrogens is 401 g/mol. The van der Waals surface area contributed by atoms with Crippen LogP contribution >= 0.6 is 23.2 Å². The van der Waals surface area contributed by atoms with Gasteiger partial charge in [-0.05, 0) is 35.0 Å². The van der Waals surface area contributed by atoms with Gasteiger partial charge in [0.2, 0.25) is 0 Å². The molecule has 3 N–H and O–H groups in total. The molecule has 0 aromatic heterocycles. The molecule has 0 aliphatic carbocycles. The van der Waals surface area contributed by atoms with Crippen LogP contribution in [-0.2, 0) is 4.79 Å². The molecule has 3 aromatic rings. The van der Waals surface area contributed by atoms with Crippen molar-refractivity contribution in [3.8, 4) is 5.75 Å². The van der Waals surface area contributed by atoms with Crippen LogP contribution in [0.15, 0.2) is 59.7 Å². The third-order valence-corrected chi connectivity index (χ3v) is 4.66. The number of amides is 2. The number of benzene rings is 3. The first kappa shape index (κ1) is 19.7. The van der Waals surface area contributed by atoms with Crippen LogP contribution in [-0.4, -0.2) is 29.7 Å². The van der Waals surface area contributed by atoms with Crippen molar-refractivity contribution in [2.24, 2.45) is 5.10 Å². The molecule has 6 nitrogen and oxygen atoms in total. The predicted octanol–water partition coefficient (Wildman–Crippen LogP) is 3.73. The number of phenolic OH excluding ortho intramolecular Hbond substituents is 1. The molecule has 0 fully saturated rings. The number of hydrogen-bond acceptors (Lipinski definition) is 4. The van der Waals surface area contributed by atoms with Crippen LogP contribution in [0.3, 0.4) is 0 Å². The van der Waals surface area contributed by atoms with Gasteiger partial charge in [0.15, 0.2) is 0 Å². The van der Waals surface area contributed by atoms with Crippen molar-refractivity contribution in [1.82, 2.24) is 10.7 Å². The monoisotopic (exact) mass is 415 g/mol. The van der Waals surface area contributed by atoms with Crippen LogP contribution < -0.4 is 10.7 Å². The smallest absolute Gasteiger partial charge is 0.259 e. The molecule has 0 bridgehead atoms. The van der Waals surface area contributed by atoms with E-state index >= 15 is 0 Å². The minimum Gasteiger partial charge on any atom is -0.507 e. The number of hydrogen-bond donors (Lipinski definition) is 3. The molecule has 0 saturated heterocycles. The molecule has 0 aliphatic heterocycles. The summed E-state index contributed by atoms with van der Waals surface area (Å²) in [5.74, 6) is -0.946. The lowest BCUT2D eigenvalue weighted by Gasteiger charge is -2.06. The highest BCUT2D eigenvalue weighted by atomic mass is 35.5. The van der Waals surface area contributed by atoms with E-state index in [0.717, 1.165) is 10.8 Å². The lowest BCUT2D eigenvalue weighted by Crippen LogP contribution is -2.34. The molecular formula is C20H15Cl2N3O3. The minimum absolute atomic E-state index is 0.0459. The zero-order chi connectivity index (χ0) is 20.1. The number of fused-ring (bicyclic) bond motifs is 1. The van der Waals surface area contributed by atoms with E-state index in [0.29, 0.717) is 10.6 Å². The number of nitrogens with one attached hydrogen (secondary N) is 2. The maximum atomic E-state index is 12.0. The second-order valence-electron chi connectivity index (χ2n) is 5.82. The number of phenols is 1. The average Bonchev–Trinajstić information content (AvgIpc) is 2.70. The third-order valence-electron chi connectivity index (χ3n) is 3.92. The normalized spacial score (nSPS) is 10.9. The van der Waals surface area contributed by atoms with E-state index in [9.17, 15) is 14.7 Å². The van der Waals surface area contributed by atoms with Gasteiger partial charge in [-0.25, -0.2) is 5.43 Å². The maximum Gasteiger partial charge on any atom is 0.259 e. The molecule has 3 rings (SSSR count). The Hall–Kier alpha value is -3.09. The maximum absolute atomic E-state index is 12.0. The molecule has 2 amide bonds. The van der Waals surface area contributed by atoms with Gasteiger partial charge in [-0.2, -0.15) is 5.10 Å². The molecule has 3 aromatic carbocycles. The fourth-order valence-electron chi connectivity index (χ4n) is 2.53. The average molecular weight is 416 g/mol. The van der Waals surface area contributed by atoms with Crippen LogP contribution in [0.5, 0.6) is 5.75 Å². The summed E-state index contributed by atoms with van der Waals surface area (Å²) in [5, 5.41) is 18.7. The zero-order valence-electron chi connectivity index (χ0n) is 14.4. The summed E-state index contributed by atoms with van der Waals surface area (Å²) in [5.41, 5.74) is 3.08. The molecule has 0 radical (unpaired) electrons. The Bertz CT molecular complexity index is 1080. The van der Waals surface area contributed by atoms with Gasteiger partial charge in [0, 0.05) is 11.1 Å². The van der Waals surface area contributed by atoms with Crippen LogP contribution in [0.2, 0.25) is 10.0 Å². The fourth-order valence-corrected chi connectivity index (χ4v) is 2.83. The third kappa shape index (κ3) is 4.60. The Kier molecular flexibility index (Phi) is 6.13. The Morgan fingerprint density at radius 2 is 1.82 bits per heavy atom. The molecule has 0 unspecified atom stereocenters. The number of nitrogens with zero attached hydrogens (tertiary/aromatic N) is 1. The van der Waals surface area contributed by atoms with Gasteiger partial charge in [-0.1, -0.05) is 53.5 Å². The molecule has 142 valence electrons. The molecule has 0 heterocycles. The van der Waals surface area contributed by atoms with Crippen molar-refractivity contribution in [3.05, 3.63) is 75.8 Å². The number of aromatic hydroxyl groups is 1. The summed E-state index contributed by atoms with van der Waals surface area (Å²) >= 11 is 11.7. The van der Waals surface area contributed by atoms with Crippen molar-refractivity contribution in [2.75, 3.05) is 6.54 Å². The SMILES string of the molecule is O=C(CNC(=O)c1ccc(Cl)c(Cl)c1)N/N=C\c1c(O)ccc2ccccc12. The second-order valence-corrected chi connectivity index (χ2v) is 6.64. The van der Waals surface area contributed by atoms with Crippen molar-refractivity contribution in [3.63, 3.8) is 0 Å².